The van der Waals surface area contributed by atoms with Crippen molar-refractivity contribution in [1.82, 2.24) is 9.88 Å². The zero-order valence-electron chi connectivity index (χ0n) is 13.2. The van der Waals surface area contributed by atoms with Gasteiger partial charge in [0.1, 0.15) is 11.0 Å². The smallest absolute Gasteiger partial charge is 0.326 e. The van der Waals surface area contributed by atoms with Crippen LogP contribution in [-0.4, -0.2) is 39.5 Å². The Labute approximate surface area is 159 Å². The molecule has 5 nitrogen and oxygen atoms in total. The predicted molar refractivity (Wildman–Crippen MR) is 98.3 cm³/mol. The molecule has 1 aliphatic rings. The first-order valence-electron chi connectivity index (χ1n) is 7.88. The minimum absolute atomic E-state index is 0.0888. The van der Waals surface area contributed by atoms with E-state index in [1.54, 1.807) is 23.6 Å². The van der Waals surface area contributed by atoms with Crippen molar-refractivity contribution in [2.45, 2.75) is 31.7 Å². The molecule has 1 fully saturated rings. The summed E-state index contributed by atoms with van der Waals surface area (Å²) in [5.74, 6) is -1.15. The largest absolute Gasteiger partial charge is 0.480 e. The number of halogens is 2. The Hall–Kier alpha value is -1.63. The maximum atomic E-state index is 12.5. The van der Waals surface area contributed by atoms with Crippen LogP contribution in [0.15, 0.2) is 23.6 Å². The van der Waals surface area contributed by atoms with E-state index < -0.39 is 12.0 Å². The average Bonchev–Trinajstić information content (AvgIpc) is 3.02. The van der Waals surface area contributed by atoms with Crippen LogP contribution in [0.1, 0.15) is 25.0 Å². The van der Waals surface area contributed by atoms with Gasteiger partial charge >= 0.3 is 5.97 Å². The number of piperidine rings is 1. The molecule has 0 saturated carbocycles. The molecule has 8 heteroatoms. The molecule has 132 valence electrons. The number of rotatable bonds is 4. The van der Waals surface area contributed by atoms with Crippen molar-refractivity contribution in [3.63, 3.8) is 0 Å². The number of hydrogen-bond acceptors (Lipinski definition) is 4. The molecule has 0 radical (unpaired) electrons. The molecule has 1 aromatic carbocycles. The number of nitrogens with zero attached hydrogens (tertiary/aromatic N) is 2. The molecule has 2 aromatic rings. The van der Waals surface area contributed by atoms with E-state index in [2.05, 4.69) is 4.98 Å². The first-order chi connectivity index (χ1) is 12.0. The highest BCUT2D eigenvalue weighted by atomic mass is 35.5. The van der Waals surface area contributed by atoms with Gasteiger partial charge in [-0.05, 0) is 37.5 Å². The Morgan fingerprint density at radius 1 is 1.32 bits per heavy atom. The van der Waals surface area contributed by atoms with Crippen molar-refractivity contribution >= 4 is 46.4 Å². The first kappa shape index (κ1) is 18.2. The number of aromatic nitrogens is 1. The molecule has 1 amide bonds. The Morgan fingerprint density at radius 2 is 2.12 bits per heavy atom. The Balaban J connectivity index is 1.74. The number of likely N-dealkylation sites (tertiary alicyclic amines) is 1. The van der Waals surface area contributed by atoms with Crippen molar-refractivity contribution in [3.8, 4) is 10.6 Å². The van der Waals surface area contributed by atoms with Crippen LogP contribution < -0.4 is 0 Å². The molecule has 25 heavy (non-hydrogen) atoms. The quantitative estimate of drug-likeness (QED) is 0.840. The van der Waals surface area contributed by atoms with Gasteiger partial charge in [0.15, 0.2) is 0 Å². The number of carboxylic acid groups (broad SMARTS) is 1. The zero-order valence-corrected chi connectivity index (χ0v) is 15.6. The summed E-state index contributed by atoms with van der Waals surface area (Å²) in [7, 11) is 0. The summed E-state index contributed by atoms with van der Waals surface area (Å²) < 4.78 is 0. The van der Waals surface area contributed by atoms with Gasteiger partial charge in [-0.3, -0.25) is 4.79 Å². The van der Waals surface area contributed by atoms with Gasteiger partial charge in [-0.1, -0.05) is 23.2 Å². The SMILES string of the molecule is O=C(O)C1CCCCN1C(=O)Cc1csc(-c2ccc(Cl)cc2Cl)n1. The highest BCUT2D eigenvalue weighted by Crippen LogP contribution is 2.32. The number of hydrogen-bond donors (Lipinski definition) is 1. The normalized spacial score (nSPS) is 17.5. The van der Waals surface area contributed by atoms with E-state index in [1.165, 1.54) is 16.2 Å². The molecule has 0 bridgehead atoms. The van der Waals surface area contributed by atoms with Crippen LogP contribution >= 0.6 is 34.5 Å². The summed E-state index contributed by atoms with van der Waals surface area (Å²) in [6.45, 7) is 0.482. The lowest BCUT2D eigenvalue weighted by Gasteiger charge is -2.32. The fraction of sp³-hybridized carbons (Fsp3) is 0.353. The first-order valence-corrected chi connectivity index (χ1v) is 9.51. The lowest BCUT2D eigenvalue weighted by Crippen LogP contribution is -2.48. The second-order valence-electron chi connectivity index (χ2n) is 5.88. The molecule has 1 aliphatic heterocycles. The van der Waals surface area contributed by atoms with Crippen molar-refractivity contribution in [3.05, 3.63) is 39.3 Å². The Kier molecular flexibility index (Phi) is 5.61. The predicted octanol–water partition coefficient (Wildman–Crippen LogP) is 4.13. The second kappa shape index (κ2) is 7.72. The number of carbonyl (C=O) groups is 2. The number of amides is 1. The van der Waals surface area contributed by atoms with Gasteiger partial charge in [0.05, 0.1) is 17.1 Å². The van der Waals surface area contributed by atoms with E-state index in [-0.39, 0.29) is 12.3 Å². The zero-order chi connectivity index (χ0) is 18.0. The Bertz CT molecular complexity index is 809. The van der Waals surface area contributed by atoms with Crippen molar-refractivity contribution < 1.29 is 14.7 Å². The summed E-state index contributed by atoms with van der Waals surface area (Å²) in [5, 5.41) is 12.9. The van der Waals surface area contributed by atoms with E-state index in [0.29, 0.717) is 33.7 Å². The second-order valence-corrected chi connectivity index (χ2v) is 7.58. The molecule has 0 aliphatic carbocycles. The molecule has 1 N–H and O–H groups in total. The third-order valence-electron chi connectivity index (χ3n) is 4.15. The molecule has 3 rings (SSSR count). The molecule has 2 heterocycles. The van der Waals surface area contributed by atoms with Gasteiger partial charge in [-0.25, -0.2) is 9.78 Å². The minimum Gasteiger partial charge on any atom is -0.480 e. The van der Waals surface area contributed by atoms with Gasteiger partial charge in [-0.2, -0.15) is 0 Å². The fourth-order valence-corrected chi connectivity index (χ4v) is 4.33. The van der Waals surface area contributed by atoms with Crippen LogP contribution in [0.2, 0.25) is 10.0 Å². The number of carboxylic acids is 1. The van der Waals surface area contributed by atoms with Gasteiger partial charge in [0.25, 0.3) is 0 Å². The molecule has 0 spiro atoms. The summed E-state index contributed by atoms with van der Waals surface area (Å²) in [5.41, 5.74) is 1.38. The van der Waals surface area contributed by atoms with Crippen LogP contribution in [0.4, 0.5) is 0 Å². The number of carbonyl (C=O) groups excluding carboxylic acids is 1. The lowest BCUT2D eigenvalue weighted by atomic mass is 10.0. The molecule has 1 unspecified atom stereocenters. The van der Waals surface area contributed by atoms with Crippen LogP contribution in [0.3, 0.4) is 0 Å². The van der Waals surface area contributed by atoms with E-state index in [1.807, 2.05) is 0 Å². The summed E-state index contributed by atoms with van der Waals surface area (Å²) in [6.07, 6.45) is 2.25. The van der Waals surface area contributed by atoms with Crippen molar-refractivity contribution in [2.75, 3.05) is 6.54 Å². The van der Waals surface area contributed by atoms with E-state index in [9.17, 15) is 14.7 Å². The highest BCUT2D eigenvalue weighted by Gasteiger charge is 2.32. The highest BCUT2D eigenvalue weighted by molar-refractivity contribution is 7.13. The maximum absolute atomic E-state index is 12.5. The lowest BCUT2D eigenvalue weighted by molar-refractivity contribution is -0.151. The van der Waals surface area contributed by atoms with E-state index in [0.717, 1.165) is 18.4 Å². The molecular weight excluding hydrogens is 383 g/mol. The van der Waals surface area contributed by atoms with Crippen LogP contribution in [0.5, 0.6) is 0 Å². The maximum Gasteiger partial charge on any atom is 0.326 e. The third-order valence-corrected chi connectivity index (χ3v) is 5.63. The topological polar surface area (TPSA) is 70.5 Å². The van der Waals surface area contributed by atoms with Crippen LogP contribution in [0.25, 0.3) is 10.6 Å². The third kappa shape index (κ3) is 4.14. The Morgan fingerprint density at radius 3 is 2.84 bits per heavy atom. The van der Waals surface area contributed by atoms with E-state index >= 15 is 0 Å². The molecular formula is C17H16Cl2N2O3S. The summed E-state index contributed by atoms with van der Waals surface area (Å²) in [6, 6.07) is 4.45. The van der Waals surface area contributed by atoms with Crippen molar-refractivity contribution in [1.29, 1.82) is 0 Å². The van der Waals surface area contributed by atoms with Crippen molar-refractivity contribution in [2.24, 2.45) is 0 Å². The molecule has 1 aromatic heterocycles. The van der Waals surface area contributed by atoms with Gasteiger partial charge in [0.2, 0.25) is 5.91 Å². The molecule has 1 atom stereocenters. The monoisotopic (exact) mass is 398 g/mol. The summed E-state index contributed by atoms with van der Waals surface area (Å²) in [4.78, 5) is 29.8. The standard InChI is InChI=1S/C17H16Cl2N2O3S/c18-10-4-5-12(13(19)7-10)16-20-11(9-25-16)8-15(22)21-6-2-1-3-14(21)17(23)24/h4-5,7,9,14H,1-3,6,8H2,(H,23,24). The average molecular weight is 399 g/mol. The van der Waals surface area contributed by atoms with Crippen LogP contribution in [-0.2, 0) is 16.0 Å². The molecule has 1 saturated heterocycles. The summed E-state index contributed by atoms with van der Waals surface area (Å²) >= 11 is 13.5. The number of aliphatic carboxylic acids is 1. The minimum atomic E-state index is -0.944. The van der Waals surface area contributed by atoms with E-state index in [4.69, 9.17) is 23.2 Å². The van der Waals surface area contributed by atoms with Gasteiger partial charge < -0.3 is 10.0 Å². The van der Waals surface area contributed by atoms with Gasteiger partial charge in [0, 0.05) is 22.5 Å². The number of thiazole rings is 1. The number of benzene rings is 1. The van der Waals surface area contributed by atoms with Gasteiger partial charge in [-0.15, -0.1) is 11.3 Å². The van der Waals surface area contributed by atoms with Crippen LogP contribution in [0, 0.1) is 0 Å². The fourth-order valence-electron chi connectivity index (χ4n) is 2.92.